The summed E-state index contributed by atoms with van der Waals surface area (Å²) in [5.41, 5.74) is 0.940. The first-order valence-electron chi connectivity index (χ1n) is 5.40. The molecule has 0 spiro atoms. The van der Waals surface area contributed by atoms with E-state index in [9.17, 15) is 9.59 Å². The zero-order valence-electron chi connectivity index (χ0n) is 9.44. The second-order valence-corrected chi connectivity index (χ2v) is 4.97. The number of carbonyl (C=O) groups is 2. The molecule has 2 rings (SSSR count). The number of nitrogens with zero attached hydrogens (tertiary/aromatic N) is 1. The number of rotatable bonds is 2. The molecule has 1 aliphatic rings. The number of imide groups is 1. The Kier molecular flexibility index (Phi) is 3.59. The van der Waals surface area contributed by atoms with Gasteiger partial charge in [0.15, 0.2) is 0 Å². The van der Waals surface area contributed by atoms with Crippen LogP contribution in [0.5, 0.6) is 0 Å². The standard InChI is InChI=1S/C12H13BrN2O2/c1-8-12(17)15(11(16)6-14-8)7-9-3-2-4-10(13)5-9/h2-5,8,14H,6-7H2,1H3. The number of amides is 2. The van der Waals surface area contributed by atoms with Gasteiger partial charge in [-0.05, 0) is 24.6 Å². The topological polar surface area (TPSA) is 49.4 Å². The number of hydrogen-bond acceptors (Lipinski definition) is 3. The summed E-state index contributed by atoms with van der Waals surface area (Å²) in [5, 5.41) is 2.86. The largest absolute Gasteiger partial charge is 0.298 e. The van der Waals surface area contributed by atoms with Crippen molar-refractivity contribution in [1.29, 1.82) is 0 Å². The van der Waals surface area contributed by atoms with E-state index in [-0.39, 0.29) is 24.4 Å². The van der Waals surface area contributed by atoms with E-state index in [0.29, 0.717) is 6.54 Å². The molecule has 4 nitrogen and oxygen atoms in total. The van der Waals surface area contributed by atoms with Crippen molar-refractivity contribution in [3.05, 3.63) is 34.3 Å². The molecule has 1 saturated heterocycles. The summed E-state index contributed by atoms with van der Waals surface area (Å²) in [6, 6.07) is 7.32. The molecule has 1 atom stereocenters. The van der Waals surface area contributed by atoms with Crippen LogP contribution in [0.15, 0.2) is 28.7 Å². The van der Waals surface area contributed by atoms with Crippen molar-refractivity contribution in [2.24, 2.45) is 0 Å². The lowest BCUT2D eigenvalue weighted by atomic mass is 10.1. The van der Waals surface area contributed by atoms with Crippen LogP contribution in [0, 0.1) is 0 Å². The predicted octanol–water partition coefficient (Wildman–Crippen LogP) is 1.30. The number of halogens is 1. The summed E-state index contributed by atoms with van der Waals surface area (Å²) < 4.78 is 0.943. The molecule has 0 saturated carbocycles. The van der Waals surface area contributed by atoms with Gasteiger partial charge in [0.05, 0.1) is 19.1 Å². The van der Waals surface area contributed by atoms with Crippen LogP contribution in [0.25, 0.3) is 0 Å². The second-order valence-electron chi connectivity index (χ2n) is 4.05. The summed E-state index contributed by atoms with van der Waals surface area (Å²) in [6.45, 7) is 2.33. The van der Waals surface area contributed by atoms with Gasteiger partial charge in [0, 0.05) is 4.47 Å². The minimum Gasteiger partial charge on any atom is -0.298 e. The van der Waals surface area contributed by atoms with E-state index in [1.807, 2.05) is 24.3 Å². The third-order valence-electron chi connectivity index (χ3n) is 2.73. The lowest BCUT2D eigenvalue weighted by Gasteiger charge is -2.29. The SMILES string of the molecule is CC1NCC(=O)N(Cc2cccc(Br)c2)C1=O. The monoisotopic (exact) mass is 296 g/mol. The van der Waals surface area contributed by atoms with Crippen LogP contribution in [0.4, 0.5) is 0 Å². The van der Waals surface area contributed by atoms with Crippen LogP contribution in [0.3, 0.4) is 0 Å². The Balaban J connectivity index is 2.16. The molecule has 0 aromatic heterocycles. The first kappa shape index (κ1) is 12.3. The molecule has 0 aliphatic carbocycles. The Labute approximate surface area is 108 Å². The molecular weight excluding hydrogens is 284 g/mol. The second kappa shape index (κ2) is 4.98. The van der Waals surface area contributed by atoms with Crippen molar-refractivity contribution < 1.29 is 9.59 Å². The molecule has 1 aromatic rings. The molecule has 0 radical (unpaired) electrons. The maximum Gasteiger partial charge on any atom is 0.246 e. The average molecular weight is 297 g/mol. The molecule has 17 heavy (non-hydrogen) atoms. The van der Waals surface area contributed by atoms with Crippen LogP contribution in [-0.4, -0.2) is 29.3 Å². The number of hydrogen-bond donors (Lipinski definition) is 1. The van der Waals surface area contributed by atoms with Gasteiger partial charge >= 0.3 is 0 Å². The number of carbonyl (C=O) groups excluding carboxylic acids is 2. The van der Waals surface area contributed by atoms with Gasteiger partial charge in [0.25, 0.3) is 0 Å². The smallest absolute Gasteiger partial charge is 0.246 e. The van der Waals surface area contributed by atoms with Crippen LogP contribution >= 0.6 is 15.9 Å². The molecule has 1 aromatic carbocycles. The molecule has 0 bridgehead atoms. The van der Waals surface area contributed by atoms with Crippen LogP contribution in [0.2, 0.25) is 0 Å². The molecule has 90 valence electrons. The van der Waals surface area contributed by atoms with Gasteiger partial charge < -0.3 is 0 Å². The van der Waals surface area contributed by atoms with Gasteiger partial charge in [0.1, 0.15) is 0 Å². The Bertz CT molecular complexity index is 462. The normalized spacial score (nSPS) is 20.8. The molecule has 5 heteroatoms. The molecule has 1 N–H and O–H groups in total. The fraction of sp³-hybridized carbons (Fsp3) is 0.333. The van der Waals surface area contributed by atoms with Crippen LogP contribution < -0.4 is 5.32 Å². The fourth-order valence-electron chi connectivity index (χ4n) is 1.76. The zero-order valence-corrected chi connectivity index (χ0v) is 11.0. The Morgan fingerprint density at radius 1 is 1.47 bits per heavy atom. The van der Waals surface area contributed by atoms with Crippen LogP contribution in [-0.2, 0) is 16.1 Å². The van der Waals surface area contributed by atoms with E-state index < -0.39 is 0 Å². The van der Waals surface area contributed by atoms with E-state index in [2.05, 4.69) is 21.2 Å². The Hall–Kier alpha value is -1.20. The van der Waals surface area contributed by atoms with E-state index in [0.717, 1.165) is 10.0 Å². The lowest BCUT2D eigenvalue weighted by molar-refractivity contribution is -0.149. The van der Waals surface area contributed by atoms with Crippen molar-refractivity contribution in [2.75, 3.05) is 6.54 Å². The first-order valence-corrected chi connectivity index (χ1v) is 6.19. The van der Waals surface area contributed by atoms with Crippen molar-refractivity contribution in [3.8, 4) is 0 Å². The van der Waals surface area contributed by atoms with Crippen molar-refractivity contribution >= 4 is 27.7 Å². The highest BCUT2D eigenvalue weighted by molar-refractivity contribution is 9.10. The van der Waals surface area contributed by atoms with Crippen molar-refractivity contribution in [1.82, 2.24) is 10.2 Å². The summed E-state index contributed by atoms with van der Waals surface area (Å²) >= 11 is 3.37. The maximum atomic E-state index is 11.9. The minimum atomic E-state index is -0.292. The van der Waals surface area contributed by atoms with E-state index >= 15 is 0 Å². The summed E-state index contributed by atoms with van der Waals surface area (Å²) in [6.07, 6.45) is 0. The third kappa shape index (κ3) is 2.73. The summed E-state index contributed by atoms with van der Waals surface area (Å²) in [4.78, 5) is 24.8. The third-order valence-corrected chi connectivity index (χ3v) is 3.22. The van der Waals surface area contributed by atoms with Crippen molar-refractivity contribution in [3.63, 3.8) is 0 Å². The molecular formula is C12H13BrN2O2. The molecule has 1 aliphatic heterocycles. The fourth-order valence-corrected chi connectivity index (χ4v) is 2.21. The minimum absolute atomic E-state index is 0.166. The van der Waals surface area contributed by atoms with Gasteiger partial charge in [-0.15, -0.1) is 0 Å². The Morgan fingerprint density at radius 2 is 2.24 bits per heavy atom. The molecule has 2 amide bonds. The van der Waals surface area contributed by atoms with Gasteiger partial charge in [0.2, 0.25) is 11.8 Å². The Morgan fingerprint density at radius 3 is 2.94 bits per heavy atom. The average Bonchev–Trinajstić information content (AvgIpc) is 2.30. The molecule has 1 unspecified atom stereocenters. The molecule has 1 heterocycles. The number of nitrogens with one attached hydrogen (secondary N) is 1. The number of piperazine rings is 1. The van der Waals surface area contributed by atoms with Crippen molar-refractivity contribution in [2.45, 2.75) is 19.5 Å². The highest BCUT2D eigenvalue weighted by Gasteiger charge is 2.30. The lowest BCUT2D eigenvalue weighted by Crippen LogP contribution is -2.56. The predicted molar refractivity (Wildman–Crippen MR) is 67.2 cm³/mol. The number of benzene rings is 1. The summed E-state index contributed by atoms with van der Waals surface area (Å²) in [7, 11) is 0. The van der Waals surface area contributed by atoms with Gasteiger partial charge in [-0.3, -0.25) is 19.8 Å². The highest BCUT2D eigenvalue weighted by Crippen LogP contribution is 2.15. The summed E-state index contributed by atoms with van der Waals surface area (Å²) in [5.74, 6) is -0.339. The van der Waals surface area contributed by atoms with Gasteiger partial charge in [-0.1, -0.05) is 28.1 Å². The highest BCUT2D eigenvalue weighted by atomic mass is 79.9. The quantitative estimate of drug-likeness (QED) is 0.837. The first-order chi connectivity index (χ1) is 8.08. The van der Waals surface area contributed by atoms with Gasteiger partial charge in [-0.25, -0.2) is 0 Å². The zero-order chi connectivity index (χ0) is 12.4. The van der Waals surface area contributed by atoms with E-state index in [4.69, 9.17) is 0 Å². The maximum absolute atomic E-state index is 11.9. The van der Waals surface area contributed by atoms with E-state index in [1.165, 1.54) is 4.90 Å². The van der Waals surface area contributed by atoms with Crippen LogP contribution in [0.1, 0.15) is 12.5 Å². The van der Waals surface area contributed by atoms with Gasteiger partial charge in [-0.2, -0.15) is 0 Å². The van der Waals surface area contributed by atoms with E-state index in [1.54, 1.807) is 6.92 Å². The molecule has 1 fully saturated rings.